The van der Waals surface area contributed by atoms with Gasteiger partial charge in [-0.1, -0.05) is 45.0 Å². The average Bonchev–Trinajstić information content (AvgIpc) is 4.19. The normalized spacial score (nSPS) is 21.3. The summed E-state index contributed by atoms with van der Waals surface area (Å²) in [6.45, 7) is 12.1. The number of urea groups is 1. The van der Waals surface area contributed by atoms with Crippen LogP contribution in [-0.2, 0) is 48.7 Å². The number of halogens is 3. The van der Waals surface area contributed by atoms with Crippen LogP contribution in [0.3, 0.4) is 0 Å². The number of aromatic nitrogens is 2. The zero-order valence-corrected chi connectivity index (χ0v) is 50.3. The number of β-amino-alcohol motifs (C(OH)–C–C–N with tert-alkyl or cyclic N) is 1. The first-order valence-corrected chi connectivity index (χ1v) is 30.6. The van der Waals surface area contributed by atoms with Crippen molar-refractivity contribution in [2.75, 3.05) is 88.8 Å². The van der Waals surface area contributed by atoms with Crippen LogP contribution in [0.4, 0.5) is 19.3 Å². The SMILES string of the molecule is CNC(=O)N1CCC(N(N)C2CCN(C(=O)COCCOCC(=O)N[C@H](C(=O)N3CC(O)CC3C(=O)NCc3ccc(C4SCN(C)C4(C)C)cc3)C(C)(C)C)CC2)=C([I-]N2CCCc3cc(-c4cnn(C)c4)c(C(F)F)cc32)C1. The van der Waals surface area contributed by atoms with Crippen LogP contribution < -0.4 is 46.4 Å². The molecule has 1 aromatic heterocycles. The van der Waals surface area contributed by atoms with Gasteiger partial charge in [-0.05, 0) is 37.4 Å². The van der Waals surface area contributed by atoms with Crippen molar-refractivity contribution >= 4 is 47.1 Å². The van der Waals surface area contributed by atoms with Crippen LogP contribution in [0.15, 0.2) is 58.1 Å². The third-order valence-corrected chi connectivity index (χ3v) is 20.8. The molecule has 4 atom stereocenters. The predicted octanol–water partition coefficient (Wildman–Crippen LogP) is 1.50. The second kappa shape index (κ2) is 26.4. The van der Waals surface area contributed by atoms with Crippen LogP contribution in [-0.4, -0.2) is 185 Å². The summed E-state index contributed by atoms with van der Waals surface area (Å²) in [5.74, 6) is 6.34. The molecule has 440 valence electrons. The van der Waals surface area contributed by atoms with Crippen molar-refractivity contribution in [1.29, 1.82) is 0 Å². The van der Waals surface area contributed by atoms with Crippen LogP contribution in [0.5, 0.6) is 0 Å². The number of alkyl halides is 2. The van der Waals surface area contributed by atoms with Gasteiger partial charge in [-0.25, -0.2) is 0 Å². The van der Waals surface area contributed by atoms with E-state index in [1.165, 1.54) is 10.5 Å². The van der Waals surface area contributed by atoms with E-state index in [1.54, 1.807) is 47.0 Å². The number of thioether (sulfide) groups is 1. The van der Waals surface area contributed by atoms with E-state index in [-0.39, 0.29) is 80.9 Å². The summed E-state index contributed by atoms with van der Waals surface area (Å²) in [5, 5.41) is 25.5. The Morgan fingerprint density at radius 1 is 0.988 bits per heavy atom. The Morgan fingerprint density at radius 2 is 1.70 bits per heavy atom. The van der Waals surface area contributed by atoms with E-state index in [0.717, 1.165) is 44.8 Å². The summed E-state index contributed by atoms with van der Waals surface area (Å²) in [5.41, 5.74) is 5.24. The fourth-order valence-corrected chi connectivity index (χ4v) is 16.1. The van der Waals surface area contributed by atoms with Gasteiger partial charge in [0.05, 0.1) is 6.10 Å². The number of amides is 6. The molecule has 0 saturated carbocycles. The summed E-state index contributed by atoms with van der Waals surface area (Å²) in [7, 11) is 5.49. The summed E-state index contributed by atoms with van der Waals surface area (Å²) in [6.07, 6.45) is 3.20. The Balaban J connectivity index is 0.782. The van der Waals surface area contributed by atoms with Gasteiger partial charge >= 0.3 is 268 Å². The van der Waals surface area contributed by atoms with Gasteiger partial charge in [-0.15, -0.1) is 11.8 Å². The molecule has 0 bridgehead atoms. The molecule has 3 saturated heterocycles. The second-order valence-electron chi connectivity index (χ2n) is 23.0. The fourth-order valence-electron chi connectivity index (χ4n) is 11.0. The molecule has 80 heavy (non-hydrogen) atoms. The molecule has 8 rings (SSSR count). The number of fused-ring (bicyclic) bond motifs is 1. The molecule has 20 nitrogen and oxygen atoms in total. The summed E-state index contributed by atoms with van der Waals surface area (Å²) >= 11 is 0.942. The Kier molecular flexibility index (Phi) is 20.1. The molecule has 3 aromatic rings. The molecule has 5 aliphatic heterocycles. The molecule has 3 fully saturated rings. The number of likely N-dealkylation sites (N-methyl/N-ethyl adjacent to an activating group) is 1. The van der Waals surface area contributed by atoms with E-state index >= 15 is 0 Å². The van der Waals surface area contributed by atoms with Gasteiger partial charge in [0.25, 0.3) is 0 Å². The number of ether oxygens (including phenoxy) is 2. The van der Waals surface area contributed by atoms with Crippen molar-refractivity contribution < 1.29 is 68.8 Å². The molecule has 6 heterocycles. The van der Waals surface area contributed by atoms with Gasteiger partial charge in [0.15, 0.2) is 0 Å². The van der Waals surface area contributed by atoms with Crippen LogP contribution >= 0.6 is 11.8 Å². The number of carbonyl (C=O) groups excluding carboxylic acids is 5. The van der Waals surface area contributed by atoms with Gasteiger partial charge in [0.2, 0.25) is 17.7 Å². The molecule has 6 N–H and O–H groups in total. The van der Waals surface area contributed by atoms with Gasteiger partial charge in [-0.3, -0.25) is 19.3 Å². The van der Waals surface area contributed by atoms with Crippen molar-refractivity contribution in [3.63, 3.8) is 0 Å². The zero-order valence-electron chi connectivity index (χ0n) is 47.3. The Bertz CT molecular complexity index is 2740. The number of aliphatic hydroxyl groups excluding tert-OH is 1. The van der Waals surface area contributed by atoms with Gasteiger partial charge in [0, 0.05) is 36.2 Å². The van der Waals surface area contributed by atoms with Crippen LogP contribution in [0.1, 0.15) is 101 Å². The third kappa shape index (κ3) is 14.4. The van der Waals surface area contributed by atoms with E-state index in [4.69, 9.17) is 15.3 Å². The van der Waals surface area contributed by atoms with Gasteiger partial charge in [-0.2, -0.15) is 0 Å². The van der Waals surface area contributed by atoms with Crippen LogP contribution in [0.25, 0.3) is 11.1 Å². The molecule has 0 spiro atoms. The number of benzene rings is 2. The first-order chi connectivity index (χ1) is 38.0. The number of rotatable bonds is 19. The number of nitrogens with zero attached hydrogens (tertiary/aromatic N) is 8. The third-order valence-electron chi connectivity index (χ3n) is 16.0. The van der Waals surface area contributed by atoms with Crippen LogP contribution in [0.2, 0.25) is 0 Å². The topological polar surface area (TPSA) is 223 Å². The Hall–Kier alpha value is -5.12. The van der Waals surface area contributed by atoms with Crippen molar-refractivity contribution in [3.8, 4) is 11.1 Å². The van der Waals surface area contributed by atoms with E-state index in [1.807, 2.05) is 55.7 Å². The maximum atomic E-state index is 14.7. The number of nitrogens with two attached hydrogens (primary N) is 1. The van der Waals surface area contributed by atoms with Crippen molar-refractivity contribution in [1.82, 2.24) is 50.3 Å². The zero-order chi connectivity index (χ0) is 57.6. The second-order valence-corrected chi connectivity index (χ2v) is 27.0. The number of hydrogen-bond donors (Lipinski definition) is 5. The number of nitrogens with one attached hydrogen (secondary N) is 3. The number of carbonyl (C=O) groups is 5. The summed E-state index contributed by atoms with van der Waals surface area (Å²) in [6, 6.07) is 9.52. The van der Waals surface area contributed by atoms with E-state index < -0.39 is 63.3 Å². The minimum absolute atomic E-state index is 0.00997. The van der Waals surface area contributed by atoms with Crippen molar-refractivity contribution in [2.24, 2.45) is 18.3 Å². The quantitative estimate of drug-likeness (QED) is 0.0378. The number of anilines is 1. The summed E-state index contributed by atoms with van der Waals surface area (Å²) < 4.78 is 45.5. The molecule has 2 aromatic carbocycles. The number of likely N-dealkylation sites (tertiary alicyclic amines) is 2. The monoisotopic (exact) mass is 1250 g/mol. The van der Waals surface area contributed by atoms with E-state index in [2.05, 4.69) is 62.1 Å². The number of hydrogen-bond acceptors (Lipinski definition) is 14. The van der Waals surface area contributed by atoms with E-state index in [9.17, 15) is 37.9 Å². The van der Waals surface area contributed by atoms with Crippen LogP contribution in [0, 0.1) is 5.41 Å². The molecule has 24 heteroatoms. The molecular formula is C56H80F2IN12O8S-. The van der Waals surface area contributed by atoms with Crippen molar-refractivity contribution in [3.05, 3.63) is 80.3 Å². The first kappa shape index (κ1) is 61.0. The number of aliphatic hydroxyl groups is 1. The number of aryl methyl sites for hydroxylation is 2. The molecule has 5 aliphatic rings. The first-order valence-electron chi connectivity index (χ1n) is 27.5. The van der Waals surface area contributed by atoms with Gasteiger partial charge < -0.3 is 25.4 Å². The van der Waals surface area contributed by atoms with Gasteiger partial charge in [0.1, 0.15) is 18.7 Å². The molecular weight excluding hydrogens is 1170 g/mol. The fraction of sp³-hybridized carbons (Fsp3) is 0.607. The van der Waals surface area contributed by atoms with Crippen molar-refractivity contribution in [2.45, 2.75) is 121 Å². The number of piperidine rings is 1. The minimum atomic E-state index is -2.68. The standard InChI is InChI=1S/C56H80F2IN12O8S/c1-55(2,3)49(53(76)69-30-40(72)25-46(69)52(75)62-27-35-11-13-36(14-12-35)50-56(4,5)65(7)34-80-50)64-47(73)32-78-22-23-79-33-48(74)67-19-15-39(16-20-67)71(60)44-17-21-68(54(77)61-6)31-43(44)59-70-18-9-10-37-24-41(38-28-63-66(8)29-38)42(51(57)58)26-45(37)70/h11-14,24,26,28-29,39-40,46,49-51,72H,9-10,15-23,25,27,30-34,60H2,1-8H3,(H,61,77)(H,62,75)(H,64,73)/q-1/t40?,46?,49-,50?/m1/s1. The molecule has 0 radical (unpaired) electrons. The Morgan fingerprint density at radius 3 is 2.34 bits per heavy atom. The predicted molar refractivity (Wildman–Crippen MR) is 297 cm³/mol. The molecule has 3 unspecified atom stereocenters. The maximum absolute atomic E-state index is 14.7. The molecule has 6 amide bonds. The number of hydrazine groups is 1. The average molecular weight is 1250 g/mol. The Labute approximate surface area is 483 Å². The summed E-state index contributed by atoms with van der Waals surface area (Å²) in [4.78, 5) is 74.4. The molecule has 0 aliphatic carbocycles. The van der Waals surface area contributed by atoms with E-state index in [0.29, 0.717) is 68.4 Å².